The number of ether oxygens (including phenoxy) is 1. The second kappa shape index (κ2) is 9.21. The average molecular weight is 475 g/mol. The third-order valence-corrected chi connectivity index (χ3v) is 5.71. The fraction of sp³-hybridized carbons (Fsp3) is 0.150. The lowest BCUT2D eigenvalue weighted by Crippen LogP contribution is -2.16. The number of anilines is 1. The third kappa shape index (κ3) is 6.16. The first-order valence-electron chi connectivity index (χ1n) is 8.72. The molecule has 0 saturated carbocycles. The van der Waals surface area contributed by atoms with E-state index >= 15 is 0 Å². The number of nitrogens with one attached hydrogen (secondary N) is 1. The van der Waals surface area contributed by atoms with Gasteiger partial charge in [-0.1, -0.05) is 29.8 Å². The SMILES string of the molecule is O=S(=O)(Nc1cccc(COCc2ccc(F)cc2)n1)c1ccc(Cl)c(C(F)(F)F)c1. The first kappa shape index (κ1) is 23.0. The number of rotatable bonds is 7. The summed E-state index contributed by atoms with van der Waals surface area (Å²) in [5, 5.41) is -0.607. The molecular weight excluding hydrogens is 460 g/mol. The smallest absolute Gasteiger partial charge is 0.370 e. The Morgan fingerprint density at radius 3 is 2.39 bits per heavy atom. The molecule has 0 aliphatic rings. The van der Waals surface area contributed by atoms with Crippen LogP contribution in [-0.2, 0) is 34.2 Å². The van der Waals surface area contributed by atoms with Crippen LogP contribution in [0.1, 0.15) is 16.8 Å². The van der Waals surface area contributed by atoms with Gasteiger partial charge in [0.25, 0.3) is 10.0 Å². The largest absolute Gasteiger partial charge is 0.417 e. The van der Waals surface area contributed by atoms with Crippen molar-refractivity contribution in [2.24, 2.45) is 0 Å². The fourth-order valence-corrected chi connectivity index (χ4v) is 3.81. The number of hydrogen-bond acceptors (Lipinski definition) is 4. The highest BCUT2D eigenvalue weighted by Gasteiger charge is 2.34. The van der Waals surface area contributed by atoms with Crippen molar-refractivity contribution in [2.45, 2.75) is 24.3 Å². The van der Waals surface area contributed by atoms with Crippen molar-refractivity contribution in [1.29, 1.82) is 0 Å². The molecule has 2 aromatic carbocycles. The van der Waals surface area contributed by atoms with E-state index < -0.39 is 31.7 Å². The molecule has 0 fully saturated rings. The Morgan fingerprint density at radius 1 is 1.00 bits per heavy atom. The van der Waals surface area contributed by atoms with Gasteiger partial charge in [0.2, 0.25) is 0 Å². The number of halogens is 5. The molecule has 0 spiro atoms. The van der Waals surface area contributed by atoms with Gasteiger partial charge in [-0.15, -0.1) is 0 Å². The van der Waals surface area contributed by atoms with Crippen LogP contribution in [0.25, 0.3) is 0 Å². The van der Waals surface area contributed by atoms with Crippen LogP contribution in [-0.4, -0.2) is 13.4 Å². The molecule has 164 valence electrons. The Bertz CT molecular complexity index is 1170. The lowest BCUT2D eigenvalue weighted by Gasteiger charge is -2.12. The molecule has 5 nitrogen and oxygen atoms in total. The molecule has 3 aromatic rings. The fourth-order valence-electron chi connectivity index (χ4n) is 2.56. The minimum absolute atomic E-state index is 0.0338. The van der Waals surface area contributed by atoms with Crippen LogP contribution in [0.3, 0.4) is 0 Å². The standard InChI is InChI=1S/C20H15ClF4N2O3S/c21-18-9-8-16(10-17(18)20(23,24)25)31(28,29)27-19-3-1-2-15(26-19)12-30-11-13-4-6-14(22)7-5-13/h1-10H,11-12H2,(H,26,27). The molecule has 0 atom stereocenters. The van der Waals surface area contributed by atoms with Crippen molar-refractivity contribution in [1.82, 2.24) is 4.98 Å². The van der Waals surface area contributed by atoms with Crippen LogP contribution in [0, 0.1) is 5.82 Å². The first-order valence-corrected chi connectivity index (χ1v) is 10.6. The maximum Gasteiger partial charge on any atom is 0.417 e. The van der Waals surface area contributed by atoms with E-state index in [0.717, 1.165) is 17.7 Å². The topological polar surface area (TPSA) is 68.3 Å². The van der Waals surface area contributed by atoms with E-state index in [1.807, 2.05) is 0 Å². The summed E-state index contributed by atoms with van der Waals surface area (Å²) in [5.41, 5.74) is -0.135. The summed E-state index contributed by atoms with van der Waals surface area (Å²) >= 11 is 5.53. The van der Waals surface area contributed by atoms with Crippen molar-refractivity contribution in [3.8, 4) is 0 Å². The van der Waals surface area contributed by atoms with Gasteiger partial charge in [0.15, 0.2) is 0 Å². The Balaban J connectivity index is 1.70. The zero-order valence-electron chi connectivity index (χ0n) is 15.7. The molecule has 0 radical (unpaired) electrons. The third-order valence-electron chi connectivity index (χ3n) is 4.03. The lowest BCUT2D eigenvalue weighted by molar-refractivity contribution is -0.137. The van der Waals surface area contributed by atoms with Crippen molar-refractivity contribution in [2.75, 3.05) is 4.72 Å². The zero-order chi connectivity index (χ0) is 22.6. The molecule has 0 aliphatic carbocycles. The van der Waals surface area contributed by atoms with E-state index in [1.54, 1.807) is 18.2 Å². The molecule has 11 heteroatoms. The van der Waals surface area contributed by atoms with E-state index in [0.29, 0.717) is 11.8 Å². The van der Waals surface area contributed by atoms with E-state index in [4.69, 9.17) is 16.3 Å². The molecule has 0 bridgehead atoms. The molecule has 1 heterocycles. The predicted molar refractivity (Wildman–Crippen MR) is 106 cm³/mol. The Kier molecular flexibility index (Phi) is 6.83. The van der Waals surface area contributed by atoms with E-state index in [2.05, 4.69) is 9.71 Å². The summed E-state index contributed by atoms with van der Waals surface area (Å²) in [6.45, 7) is 0.217. The highest BCUT2D eigenvalue weighted by Crippen LogP contribution is 2.36. The quantitative estimate of drug-likeness (QED) is 0.465. The molecule has 1 N–H and O–H groups in total. The maximum absolute atomic E-state index is 13.0. The molecule has 0 unspecified atom stereocenters. The van der Waals surface area contributed by atoms with E-state index in [-0.39, 0.29) is 24.8 Å². The molecule has 31 heavy (non-hydrogen) atoms. The van der Waals surface area contributed by atoms with Crippen molar-refractivity contribution >= 4 is 27.4 Å². The number of hydrogen-bond donors (Lipinski definition) is 1. The van der Waals surface area contributed by atoms with Gasteiger partial charge in [-0.2, -0.15) is 13.2 Å². The van der Waals surface area contributed by atoms with Crippen LogP contribution in [0.15, 0.2) is 65.6 Å². The minimum Gasteiger partial charge on any atom is -0.370 e. The van der Waals surface area contributed by atoms with Crippen LogP contribution >= 0.6 is 11.6 Å². The predicted octanol–water partition coefficient (Wildman–Crippen LogP) is 5.41. The van der Waals surface area contributed by atoms with Gasteiger partial charge in [0.1, 0.15) is 11.6 Å². The summed E-state index contributed by atoms with van der Waals surface area (Å²) in [4.78, 5) is 3.49. The number of nitrogens with zero attached hydrogens (tertiary/aromatic N) is 1. The molecule has 3 rings (SSSR count). The average Bonchev–Trinajstić information content (AvgIpc) is 2.69. The minimum atomic E-state index is -4.80. The zero-order valence-corrected chi connectivity index (χ0v) is 17.2. The number of alkyl halides is 3. The monoisotopic (exact) mass is 474 g/mol. The Hall–Kier alpha value is -2.69. The molecule has 0 amide bonds. The second-order valence-electron chi connectivity index (χ2n) is 6.38. The van der Waals surface area contributed by atoms with Gasteiger partial charge < -0.3 is 4.74 Å². The van der Waals surface area contributed by atoms with Gasteiger partial charge in [-0.3, -0.25) is 4.72 Å². The number of benzene rings is 2. The van der Waals surface area contributed by atoms with E-state index in [1.165, 1.54) is 24.3 Å². The van der Waals surface area contributed by atoms with Gasteiger partial charge in [0, 0.05) is 0 Å². The van der Waals surface area contributed by atoms with Crippen molar-refractivity contribution < 1.29 is 30.7 Å². The van der Waals surface area contributed by atoms with Crippen LogP contribution < -0.4 is 4.72 Å². The summed E-state index contributed by atoms with van der Waals surface area (Å²) in [6, 6.07) is 12.5. The summed E-state index contributed by atoms with van der Waals surface area (Å²) in [7, 11) is -4.34. The number of sulfonamides is 1. The highest BCUT2D eigenvalue weighted by atomic mass is 35.5. The van der Waals surface area contributed by atoms with Gasteiger partial charge >= 0.3 is 6.18 Å². The van der Waals surface area contributed by atoms with Crippen LogP contribution in [0.4, 0.5) is 23.4 Å². The number of pyridine rings is 1. The highest BCUT2D eigenvalue weighted by molar-refractivity contribution is 7.92. The molecule has 0 aliphatic heterocycles. The number of aromatic nitrogens is 1. The van der Waals surface area contributed by atoms with Crippen LogP contribution in [0.5, 0.6) is 0 Å². The van der Waals surface area contributed by atoms with Crippen molar-refractivity contribution in [3.05, 3.63) is 88.3 Å². The Labute approximate surface area is 180 Å². The van der Waals surface area contributed by atoms with E-state index in [9.17, 15) is 26.0 Å². The maximum atomic E-state index is 13.0. The summed E-state index contributed by atoms with van der Waals surface area (Å²) in [5.74, 6) is -0.458. The summed E-state index contributed by atoms with van der Waals surface area (Å²) < 4.78 is 84.6. The normalized spacial score (nSPS) is 12.0. The second-order valence-corrected chi connectivity index (χ2v) is 8.47. The first-order chi connectivity index (χ1) is 14.5. The Morgan fingerprint density at radius 2 is 1.71 bits per heavy atom. The van der Waals surface area contributed by atoms with Crippen molar-refractivity contribution in [3.63, 3.8) is 0 Å². The van der Waals surface area contributed by atoms with Gasteiger partial charge in [0.05, 0.1) is 34.4 Å². The molecular formula is C20H15ClF4N2O3S. The van der Waals surface area contributed by atoms with Crippen LogP contribution in [0.2, 0.25) is 5.02 Å². The van der Waals surface area contributed by atoms with Gasteiger partial charge in [-0.05, 0) is 48.0 Å². The summed E-state index contributed by atoms with van der Waals surface area (Å²) in [6.07, 6.45) is -4.80. The molecule has 0 saturated heterocycles. The lowest BCUT2D eigenvalue weighted by atomic mass is 10.2. The van der Waals surface area contributed by atoms with Gasteiger partial charge in [-0.25, -0.2) is 17.8 Å². The molecule has 1 aromatic heterocycles.